The number of rotatable bonds is 4. The van der Waals surface area contributed by atoms with Crippen molar-refractivity contribution in [2.45, 2.75) is 26.4 Å². The van der Waals surface area contributed by atoms with Gasteiger partial charge in [-0.15, -0.1) is 0 Å². The van der Waals surface area contributed by atoms with E-state index in [9.17, 15) is 5.11 Å². The fraction of sp³-hybridized carbons (Fsp3) is 0.421. The first-order chi connectivity index (χ1) is 10.6. The van der Waals surface area contributed by atoms with Gasteiger partial charge in [0.25, 0.3) is 0 Å². The van der Waals surface area contributed by atoms with Gasteiger partial charge in [-0.25, -0.2) is 4.98 Å². The minimum Gasteiger partial charge on any atom is -0.386 e. The van der Waals surface area contributed by atoms with E-state index in [1.807, 2.05) is 57.4 Å². The Morgan fingerprint density at radius 2 is 1.61 bits per heavy atom. The minimum absolute atomic E-state index is 0.865. The van der Waals surface area contributed by atoms with Gasteiger partial charge in [-0.3, -0.25) is 0 Å². The van der Waals surface area contributed by atoms with Crippen LogP contribution in [0.1, 0.15) is 25.0 Å². The molecule has 4 heteroatoms. The zero-order valence-corrected chi connectivity index (χ0v) is 15.2. The predicted molar refractivity (Wildman–Crippen MR) is 98.3 cm³/mol. The van der Waals surface area contributed by atoms with E-state index in [2.05, 4.69) is 17.9 Å². The Morgan fingerprint density at radius 3 is 2.13 bits per heavy atom. The molecule has 0 spiro atoms. The van der Waals surface area contributed by atoms with E-state index in [4.69, 9.17) is 4.98 Å². The van der Waals surface area contributed by atoms with Gasteiger partial charge in [0.15, 0.2) is 5.82 Å². The summed E-state index contributed by atoms with van der Waals surface area (Å²) in [5.74, 6) is 0.931. The lowest BCUT2D eigenvalue weighted by molar-refractivity contribution is 0.0786. The Bertz CT molecular complexity index is 700. The van der Waals surface area contributed by atoms with E-state index in [1.54, 1.807) is 13.8 Å². The summed E-state index contributed by atoms with van der Waals surface area (Å²) in [4.78, 5) is 8.93. The molecule has 23 heavy (non-hydrogen) atoms. The van der Waals surface area contributed by atoms with Gasteiger partial charge in [0.1, 0.15) is 0 Å². The summed E-state index contributed by atoms with van der Waals surface area (Å²) in [6.07, 6.45) is 0. The smallest absolute Gasteiger partial charge is 0.152 e. The molecule has 1 aromatic carbocycles. The van der Waals surface area contributed by atoms with Crippen LogP contribution < -0.4 is 9.80 Å². The Labute approximate surface area is 139 Å². The molecule has 0 amide bonds. The summed E-state index contributed by atoms with van der Waals surface area (Å²) in [6, 6.07) is 10.2. The van der Waals surface area contributed by atoms with Crippen LogP contribution in [0, 0.1) is 6.92 Å². The highest BCUT2D eigenvalue weighted by Gasteiger charge is 2.18. The first-order valence-corrected chi connectivity index (χ1v) is 7.81. The molecule has 0 unspecified atom stereocenters. The molecule has 124 valence electrons. The normalized spacial score (nSPS) is 11.5. The molecule has 0 aliphatic heterocycles. The molecule has 0 aliphatic carbocycles. The fourth-order valence-corrected chi connectivity index (χ4v) is 2.55. The molecule has 4 nitrogen and oxygen atoms in total. The van der Waals surface area contributed by atoms with Gasteiger partial charge in [0, 0.05) is 33.8 Å². The van der Waals surface area contributed by atoms with Crippen LogP contribution >= 0.6 is 0 Å². The molecule has 0 fully saturated rings. The molecule has 0 saturated carbocycles. The highest BCUT2D eigenvalue weighted by molar-refractivity contribution is 5.73. The number of hydrogen-bond acceptors (Lipinski definition) is 4. The standard InChI is InChI=1S/C19H27N3O/c1-13-8-9-14(19(2,3)23)12-15(13)16-10-11-17(21(4)5)18(20-16)22(6)7/h8-12,23H,1-7H3. The molecule has 0 atom stereocenters. The van der Waals surface area contributed by atoms with Crippen LogP contribution in [-0.4, -0.2) is 38.3 Å². The van der Waals surface area contributed by atoms with E-state index in [-0.39, 0.29) is 0 Å². The number of pyridine rings is 1. The van der Waals surface area contributed by atoms with Gasteiger partial charge in [-0.1, -0.05) is 12.1 Å². The summed E-state index contributed by atoms with van der Waals surface area (Å²) >= 11 is 0. The Morgan fingerprint density at radius 1 is 0.957 bits per heavy atom. The number of aryl methyl sites for hydroxylation is 1. The molecule has 0 aliphatic rings. The third kappa shape index (κ3) is 3.64. The van der Waals surface area contributed by atoms with Gasteiger partial charge in [0.2, 0.25) is 0 Å². The van der Waals surface area contributed by atoms with Crippen LogP contribution in [0.15, 0.2) is 30.3 Å². The van der Waals surface area contributed by atoms with Crippen molar-refractivity contribution < 1.29 is 5.11 Å². The summed E-state index contributed by atoms with van der Waals surface area (Å²) in [7, 11) is 8.03. The van der Waals surface area contributed by atoms with Gasteiger partial charge in [-0.2, -0.15) is 0 Å². The van der Waals surface area contributed by atoms with E-state index < -0.39 is 5.60 Å². The van der Waals surface area contributed by atoms with Gasteiger partial charge >= 0.3 is 0 Å². The lowest BCUT2D eigenvalue weighted by Crippen LogP contribution is -2.18. The third-order valence-electron chi connectivity index (χ3n) is 3.98. The summed E-state index contributed by atoms with van der Waals surface area (Å²) in [5.41, 5.74) is 4.22. The van der Waals surface area contributed by atoms with Gasteiger partial charge in [0.05, 0.1) is 17.0 Å². The monoisotopic (exact) mass is 313 g/mol. The number of benzene rings is 1. The lowest BCUT2D eigenvalue weighted by Gasteiger charge is -2.23. The van der Waals surface area contributed by atoms with E-state index >= 15 is 0 Å². The number of anilines is 2. The summed E-state index contributed by atoms with van der Waals surface area (Å²) in [6.45, 7) is 5.67. The molecule has 2 aromatic rings. The van der Waals surface area contributed by atoms with Crippen molar-refractivity contribution in [3.63, 3.8) is 0 Å². The molecule has 1 N–H and O–H groups in total. The van der Waals surface area contributed by atoms with E-state index in [1.165, 1.54) is 0 Å². The molecule has 2 rings (SSSR count). The maximum Gasteiger partial charge on any atom is 0.152 e. The van der Waals surface area contributed by atoms with E-state index in [0.29, 0.717) is 0 Å². The van der Waals surface area contributed by atoms with Crippen molar-refractivity contribution in [3.8, 4) is 11.3 Å². The number of hydrogen-bond donors (Lipinski definition) is 1. The average molecular weight is 313 g/mol. The summed E-state index contributed by atoms with van der Waals surface area (Å²) in [5, 5.41) is 10.3. The fourth-order valence-electron chi connectivity index (χ4n) is 2.55. The first kappa shape index (κ1) is 17.3. The second kappa shape index (κ2) is 6.20. The second-order valence-electron chi connectivity index (χ2n) is 6.92. The van der Waals surface area contributed by atoms with Crippen molar-refractivity contribution in [1.82, 2.24) is 4.98 Å². The van der Waals surface area contributed by atoms with Crippen molar-refractivity contribution in [2.24, 2.45) is 0 Å². The average Bonchev–Trinajstić information content (AvgIpc) is 2.45. The van der Waals surface area contributed by atoms with Crippen molar-refractivity contribution in [2.75, 3.05) is 38.0 Å². The van der Waals surface area contributed by atoms with Crippen LogP contribution in [0.5, 0.6) is 0 Å². The maximum atomic E-state index is 10.3. The van der Waals surface area contributed by atoms with Crippen LogP contribution in [0.2, 0.25) is 0 Å². The van der Waals surface area contributed by atoms with Gasteiger partial charge < -0.3 is 14.9 Å². The Kier molecular flexibility index (Phi) is 4.66. The first-order valence-electron chi connectivity index (χ1n) is 7.81. The molecular formula is C19H27N3O. The van der Waals surface area contributed by atoms with Crippen LogP contribution in [-0.2, 0) is 5.60 Å². The van der Waals surface area contributed by atoms with Gasteiger partial charge in [-0.05, 0) is 50.1 Å². The predicted octanol–water partition coefficient (Wildman–Crippen LogP) is 3.42. The van der Waals surface area contributed by atoms with Crippen molar-refractivity contribution >= 4 is 11.5 Å². The highest BCUT2D eigenvalue weighted by atomic mass is 16.3. The third-order valence-corrected chi connectivity index (χ3v) is 3.98. The lowest BCUT2D eigenvalue weighted by atomic mass is 9.93. The summed E-state index contributed by atoms with van der Waals surface area (Å²) < 4.78 is 0. The molecule has 1 aromatic heterocycles. The van der Waals surface area contributed by atoms with E-state index in [0.717, 1.165) is 33.9 Å². The molecule has 0 saturated heterocycles. The van der Waals surface area contributed by atoms with Crippen LogP contribution in [0.25, 0.3) is 11.3 Å². The van der Waals surface area contributed by atoms with Crippen LogP contribution in [0.4, 0.5) is 11.5 Å². The molecular weight excluding hydrogens is 286 g/mol. The highest BCUT2D eigenvalue weighted by Crippen LogP contribution is 2.32. The topological polar surface area (TPSA) is 39.6 Å². The SMILES string of the molecule is Cc1ccc(C(C)(C)O)cc1-c1ccc(N(C)C)c(N(C)C)n1. The quantitative estimate of drug-likeness (QED) is 0.939. The second-order valence-corrected chi connectivity index (χ2v) is 6.92. The Hall–Kier alpha value is -2.07. The van der Waals surface area contributed by atoms with Crippen molar-refractivity contribution in [1.29, 1.82) is 0 Å². The Balaban J connectivity index is 2.61. The zero-order chi connectivity index (χ0) is 17.4. The molecule has 0 radical (unpaired) electrons. The molecule has 0 bridgehead atoms. The maximum absolute atomic E-state index is 10.3. The zero-order valence-electron chi connectivity index (χ0n) is 15.2. The number of nitrogens with zero attached hydrogens (tertiary/aromatic N) is 3. The minimum atomic E-state index is -0.865. The molecule has 1 heterocycles. The number of aromatic nitrogens is 1. The number of aliphatic hydroxyl groups is 1. The van der Waals surface area contributed by atoms with Crippen molar-refractivity contribution in [3.05, 3.63) is 41.5 Å². The largest absolute Gasteiger partial charge is 0.386 e. The van der Waals surface area contributed by atoms with Crippen LogP contribution in [0.3, 0.4) is 0 Å².